The molecule has 0 unspecified atom stereocenters. The van der Waals surface area contributed by atoms with Crippen LogP contribution in [0.25, 0.3) is 0 Å². The van der Waals surface area contributed by atoms with Crippen LogP contribution in [0.5, 0.6) is 0 Å². The summed E-state index contributed by atoms with van der Waals surface area (Å²) < 4.78 is 24.8. The van der Waals surface area contributed by atoms with Crippen molar-refractivity contribution in [3.63, 3.8) is 0 Å². The van der Waals surface area contributed by atoms with Crippen molar-refractivity contribution in [2.75, 3.05) is 13.6 Å². The lowest BCUT2D eigenvalue weighted by Crippen LogP contribution is -2.24. The van der Waals surface area contributed by atoms with E-state index in [-0.39, 0.29) is 11.5 Å². The second kappa shape index (κ2) is 6.96. The van der Waals surface area contributed by atoms with Crippen LogP contribution in [0, 0.1) is 0 Å². The highest BCUT2D eigenvalue weighted by molar-refractivity contribution is 5.75. The Hall–Kier alpha value is -1.49. The second-order valence-corrected chi connectivity index (χ2v) is 3.65. The molecule has 0 saturated carbocycles. The molecule has 0 radical (unpaired) electrons. The minimum absolute atomic E-state index is 0.0237. The number of hydrogen-bond acceptors (Lipinski definition) is 2. The zero-order valence-electron chi connectivity index (χ0n) is 9.67. The van der Waals surface area contributed by atoms with E-state index in [0.717, 1.165) is 5.56 Å². The summed E-state index contributed by atoms with van der Waals surface area (Å²) in [6.07, 6.45) is -2.06. The summed E-state index contributed by atoms with van der Waals surface area (Å²) in [7, 11) is 1.58. The fraction of sp³-hybridized carbons (Fsp3) is 0.417. The largest absolute Gasteiger partial charge is 0.359 e. The van der Waals surface area contributed by atoms with Crippen molar-refractivity contribution in [2.24, 2.45) is 0 Å². The molecule has 1 amide bonds. The normalized spacial score (nSPS) is 10.6. The standard InChI is InChI=1S/C12H16F2N2O/c1-15-11(17)5-6-16-8-9-3-2-4-10(7-9)12(13)14/h2-4,7,12,16H,5-6,8H2,1H3,(H,15,17). The van der Waals surface area contributed by atoms with Crippen LogP contribution in [0.1, 0.15) is 24.0 Å². The highest BCUT2D eigenvalue weighted by atomic mass is 19.3. The molecular formula is C12H16F2N2O. The van der Waals surface area contributed by atoms with Crippen LogP contribution in [0.4, 0.5) is 8.78 Å². The van der Waals surface area contributed by atoms with Crippen molar-refractivity contribution < 1.29 is 13.6 Å². The molecule has 0 saturated heterocycles. The maximum absolute atomic E-state index is 12.4. The van der Waals surface area contributed by atoms with Gasteiger partial charge in [-0.05, 0) is 11.6 Å². The Labute approximate surface area is 99.2 Å². The van der Waals surface area contributed by atoms with Crippen LogP contribution in [0.3, 0.4) is 0 Å². The summed E-state index contributed by atoms with van der Waals surface area (Å²) in [5.41, 5.74) is 0.815. The fourth-order valence-corrected chi connectivity index (χ4v) is 1.40. The van der Waals surface area contributed by atoms with Crippen LogP contribution in [-0.4, -0.2) is 19.5 Å². The van der Waals surface area contributed by atoms with E-state index in [1.807, 2.05) is 0 Å². The highest BCUT2D eigenvalue weighted by Gasteiger charge is 2.06. The minimum Gasteiger partial charge on any atom is -0.359 e. The molecule has 0 bridgehead atoms. The van der Waals surface area contributed by atoms with Gasteiger partial charge in [-0.1, -0.05) is 18.2 Å². The second-order valence-electron chi connectivity index (χ2n) is 3.65. The number of hydrogen-bond donors (Lipinski definition) is 2. The Morgan fingerprint density at radius 2 is 2.18 bits per heavy atom. The first-order chi connectivity index (χ1) is 8.13. The van der Waals surface area contributed by atoms with Gasteiger partial charge in [-0.2, -0.15) is 0 Å². The zero-order valence-corrected chi connectivity index (χ0v) is 9.67. The highest BCUT2D eigenvalue weighted by Crippen LogP contribution is 2.19. The van der Waals surface area contributed by atoms with Crippen molar-refractivity contribution in [1.82, 2.24) is 10.6 Å². The van der Waals surface area contributed by atoms with Gasteiger partial charge in [-0.3, -0.25) is 4.79 Å². The number of halogens is 2. The predicted molar refractivity (Wildman–Crippen MR) is 61.8 cm³/mol. The molecule has 2 N–H and O–H groups in total. The van der Waals surface area contributed by atoms with E-state index >= 15 is 0 Å². The molecule has 1 aromatic carbocycles. The summed E-state index contributed by atoms with van der Waals surface area (Å²) in [5, 5.41) is 5.54. The van der Waals surface area contributed by atoms with Crippen molar-refractivity contribution in [3.05, 3.63) is 35.4 Å². The van der Waals surface area contributed by atoms with Crippen molar-refractivity contribution in [2.45, 2.75) is 19.4 Å². The first kappa shape index (κ1) is 13.6. The quantitative estimate of drug-likeness (QED) is 0.747. The lowest BCUT2D eigenvalue weighted by Gasteiger charge is -2.06. The molecule has 1 rings (SSSR count). The Morgan fingerprint density at radius 3 is 2.82 bits per heavy atom. The summed E-state index contributed by atoms with van der Waals surface area (Å²) in [6, 6.07) is 6.26. The first-order valence-corrected chi connectivity index (χ1v) is 5.41. The average molecular weight is 242 g/mol. The number of benzene rings is 1. The molecule has 3 nitrogen and oxygen atoms in total. The van der Waals surface area contributed by atoms with Crippen LogP contribution >= 0.6 is 0 Å². The van der Waals surface area contributed by atoms with Gasteiger partial charge >= 0.3 is 0 Å². The molecular weight excluding hydrogens is 226 g/mol. The molecule has 0 heterocycles. The number of carbonyl (C=O) groups is 1. The molecule has 5 heteroatoms. The Kier molecular flexibility index (Phi) is 5.56. The van der Waals surface area contributed by atoms with Crippen molar-refractivity contribution >= 4 is 5.91 Å². The summed E-state index contributed by atoms with van der Waals surface area (Å²) in [6.45, 7) is 1.01. The van der Waals surface area contributed by atoms with Gasteiger partial charge in [0.15, 0.2) is 0 Å². The zero-order chi connectivity index (χ0) is 12.7. The number of alkyl halides is 2. The maximum Gasteiger partial charge on any atom is 0.263 e. The SMILES string of the molecule is CNC(=O)CCNCc1cccc(C(F)F)c1. The predicted octanol–water partition coefficient (Wildman–Crippen LogP) is 1.85. The molecule has 0 aliphatic rings. The number of rotatable bonds is 6. The van der Waals surface area contributed by atoms with Gasteiger partial charge in [0.2, 0.25) is 5.91 Å². The molecule has 0 aromatic heterocycles. The molecule has 94 valence electrons. The molecule has 0 spiro atoms. The number of nitrogens with one attached hydrogen (secondary N) is 2. The summed E-state index contributed by atoms with van der Waals surface area (Å²) >= 11 is 0. The van der Waals surface area contributed by atoms with Crippen molar-refractivity contribution in [1.29, 1.82) is 0 Å². The van der Waals surface area contributed by atoms with Gasteiger partial charge in [0, 0.05) is 32.1 Å². The third kappa shape index (κ3) is 4.91. The monoisotopic (exact) mass is 242 g/mol. The van der Waals surface area contributed by atoms with E-state index in [4.69, 9.17) is 0 Å². The van der Waals surface area contributed by atoms with Gasteiger partial charge < -0.3 is 10.6 Å². The third-order valence-corrected chi connectivity index (χ3v) is 2.34. The maximum atomic E-state index is 12.4. The van der Waals surface area contributed by atoms with Crippen LogP contribution in [0.2, 0.25) is 0 Å². The lowest BCUT2D eigenvalue weighted by molar-refractivity contribution is -0.120. The van der Waals surface area contributed by atoms with Crippen LogP contribution < -0.4 is 10.6 Å². The number of carbonyl (C=O) groups excluding carboxylic acids is 1. The van der Waals surface area contributed by atoms with E-state index in [9.17, 15) is 13.6 Å². The van der Waals surface area contributed by atoms with Crippen LogP contribution in [-0.2, 0) is 11.3 Å². The van der Waals surface area contributed by atoms with E-state index in [2.05, 4.69) is 10.6 Å². The Morgan fingerprint density at radius 1 is 1.41 bits per heavy atom. The summed E-state index contributed by atoms with van der Waals surface area (Å²) in [5.74, 6) is -0.0427. The average Bonchev–Trinajstić information content (AvgIpc) is 2.34. The molecule has 0 aliphatic carbocycles. The molecule has 1 aromatic rings. The van der Waals surface area contributed by atoms with Gasteiger partial charge in [0.25, 0.3) is 6.43 Å². The van der Waals surface area contributed by atoms with E-state index in [1.165, 1.54) is 12.1 Å². The van der Waals surface area contributed by atoms with Gasteiger partial charge in [0.05, 0.1) is 0 Å². The third-order valence-electron chi connectivity index (χ3n) is 2.34. The van der Waals surface area contributed by atoms with E-state index in [1.54, 1.807) is 19.2 Å². The molecule has 17 heavy (non-hydrogen) atoms. The van der Waals surface area contributed by atoms with Crippen molar-refractivity contribution in [3.8, 4) is 0 Å². The smallest absolute Gasteiger partial charge is 0.263 e. The van der Waals surface area contributed by atoms with Gasteiger partial charge in [-0.25, -0.2) is 8.78 Å². The molecule has 0 fully saturated rings. The van der Waals surface area contributed by atoms with Gasteiger partial charge in [-0.15, -0.1) is 0 Å². The number of amides is 1. The fourth-order valence-electron chi connectivity index (χ4n) is 1.40. The Balaban J connectivity index is 2.36. The molecule has 0 aliphatic heterocycles. The first-order valence-electron chi connectivity index (χ1n) is 5.41. The summed E-state index contributed by atoms with van der Waals surface area (Å²) in [4.78, 5) is 10.9. The Bertz CT molecular complexity index is 369. The topological polar surface area (TPSA) is 41.1 Å². The van der Waals surface area contributed by atoms with E-state index < -0.39 is 6.43 Å². The minimum atomic E-state index is -2.44. The molecule has 0 atom stereocenters. The van der Waals surface area contributed by atoms with Gasteiger partial charge in [0.1, 0.15) is 0 Å². The lowest BCUT2D eigenvalue weighted by atomic mass is 10.1. The van der Waals surface area contributed by atoms with Crippen LogP contribution in [0.15, 0.2) is 24.3 Å². The van der Waals surface area contributed by atoms with E-state index in [0.29, 0.717) is 19.5 Å².